The van der Waals surface area contributed by atoms with Gasteiger partial charge in [0.25, 0.3) is 0 Å². The molecular weight excluding hydrogens is 156 g/mol. The highest BCUT2D eigenvalue weighted by Crippen LogP contribution is 2.39. The number of fused-ring (bicyclic) bond motifs is 2. The van der Waals surface area contributed by atoms with E-state index in [0.29, 0.717) is 0 Å². The summed E-state index contributed by atoms with van der Waals surface area (Å²) in [6.45, 7) is 3.40. The first-order valence-corrected chi connectivity index (χ1v) is 4.45. The Bertz CT molecular complexity index is 222. The maximum Gasteiger partial charge on any atom is 0.172 e. The summed E-state index contributed by atoms with van der Waals surface area (Å²) in [7, 11) is 0. The Hall–Kier alpha value is -0.410. The van der Waals surface area contributed by atoms with Crippen LogP contribution >= 0.6 is 0 Å². The van der Waals surface area contributed by atoms with Gasteiger partial charge < -0.3 is 9.84 Å². The molecule has 2 rings (SSSR count). The van der Waals surface area contributed by atoms with Crippen molar-refractivity contribution in [1.29, 1.82) is 0 Å². The van der Waals surface area contributed by atoms with Crippen LogP contribution in [0.2, 0.25) is 0 Å². The molecule has 4 atom stereocenters. The lowest BCUT2D eigenvalue weighted by Crippen LogP contribution is -2.54. The second-order valence-electron chi connectivity index (χ2n) is 4.04. The quantitative estimate of drug-likeness (QED) is 0.576. The van der Waals surface area contributed by atoms with E-state index in [1.807, 2.05) is 6.92 Å². The van der Waals surface area contributed by atoms with E-state index in [0.717, 1.165) is 12.8 Å². The molecule has 12 heavy (non-hydrogen) atoms. The monoisotopic (exact) mass is 170 g/mol. The molecule has 1 N–H and O–H groups in total. The van der Waals surface area contributed by atoms with Crippen molar-refractivity contribution >= 4 is 5.78 Å². The largest absolute Gasteiger partial charge is 0.380 e. The normalized spacial score (nSPS) is 52.9. The van der Waals surface area contributed by atoms with Gasteiger partial charge in [-0.2, -0.15) is 0 Å². The molecule has 0 aliphatic carbocycles. The van der Waals surface area contributed by atoms with Crippen molar-refractivity contribution in [1.82, 2.24) is 0 Å². The molecule has 0 aromatic carbocycles. The molecule has 0 aromatic heterocycles. The highest BCUT2D eigenvalue weighted by atomic mass is 16.5. The molecule has 2 saturated heterocycles. The molecule has 68 valence electrons. The van der Waals surface area contributed by atoms with E-state index in [1.54, 1.807) is 6.92 Å². The van der Waals surface area contributed by atoms with Gasteiger partial charge in [0.1, 0.15) is 5.60 Å². The second kappa shape index (κ2) is 2.30. The lowest BCUT2D eigenvalue weighted by molar-refractivity contribution is -0.176. The fourth-order valence-electron chi connectivity index (χ4n) is 2.23. The van der Waals surface area contributed by atoms with Gasteiger partial charge in [-0.15, -0.1) is 0 Å². The van der Waals surface area contributed by atoms with Crippen molar-refractivity contribution in [3.05, 3.63) is 0 Å². The number of Topliss-reactive ketones (excluding diaryl/α,β-unsaturated/α-hetero) is 1. The van der Waals surface area contributed by atoms with E-state index in [4.69, 9.17) is 4.74 Å². The van der Waals surface area contributed by atoms with Gasteiger partial charge in [-0.3, -0.25) is 4.79 Å². The standard InChI is InChI=1S/C9H14O3/c1-5-6-3-4-7(12-6)9(2,11)8(5)10/h5-7,11H,3-4H2,1-2H3/t5-,6+,7-,9-/m1/s1. The topological polar surface area (TPSA) is 46.5 Å². The fourth-order valence-corrected chi connectivity index (χ4v) is 2.23. The summed E-state index contributed by atoms with van der Waals surface area (Å²) in [4.78, 5) is 11.6. The lowest BCUT2D eigenvalue weighted by atomic mass is 9.85. The summed E-state index contributed by atoms with van der Waals surface area (Å²) in [5.41, 5.74) is -1.24. The zero-order valence-electron chi connectivity index (χ0n) is 7.41. The van der Waals surface area contributed by atoms with Crippen molar-refractivity contribution in [2.24, 2.45) is 5.92 Å². The number of carbonyl (C=O) groups excluding carboxylic acids is 1. The summed E-state index contributed by atoms with van der Waals surface area (Å²) < 4.78 is 5.52. The predicted octanol–water partition coefficient (Wildman–Crippen LogP) is 0.504. The van der Waals surface area contributed by atoms with Crippen molar-refractivity contribution in [3.63, 3.8) is 0 Å². The smallest absolute Gasteiger partial charge is 0.172 e. The van der Waals surface area contributed by atoms with Crippen molar-refractivity contribution < 1.29 is 14.6 Å². The van der Waals surface area contributed by atoms with Crippen LogP contribution in [0.25, 0.3) is 0 Å². The number of carbonyl (C=O) groups is 1. The first kappa shape index (κ1) is 8.20. The third-order valence-electron chi connectivity index (χ3n) is 3.15. The van der Waals surface area contributed by atoms with Crippen LogP contribution in [0.5, 0.6) is 0 Å². The van der Waals surface area contributed by atoms with Gasteiger partial charge in [0.05, 0.1) is 12.2 Å². The first-order chi connectivity index (χ1) is 5.53. The fraction of sp³-hybridized carbons (Fsp3) is 0.889. The number of rotatable bonds is 0. The van der Waals surface area contributed by atoms with Gasteiger partial charge in [0.2, 0.25) is 0 Å². The predicted molar refractivity (Wildman–Crippen MR) is 42.7 cm³/mol. The highest BCUT2D eigenvalue weighted by molar-refractivity contribution is 5.90. The van der Waals surface area contributed by atoms with Crippen molar-refractivity contribution in [3.8, 4) is 0 Å². The van der Waals surface area contributed by atoms with Crippen LogP contribution in [0, 0.1) is 5.92 Å². The average molecular weight is 170 g/mol. The number of ketones is 1. The molecular formula is C9H14O3. The maximum atomic E-state index is 11.6. The first-order valence-electron chi connectivity index (χ1n) is 4.45. The van der Waals surface area contributed by atoms with Crippen LogP contribution in [-0.2, 0) is 9.53 Å². The Morgan fingerprint density at radius 2 is 2.25 bits per heavy atom. The van der Waals surface area contributed by atoms with Crippen molar-refractivity contribution in [2.45, 2.75) is 44.5 Å². The molecule has 0 radical (unpaired) electrons. The molecule has 0 unspecified atom stereocenters. The SMILES string of the molecule is C[C@H]1C(=O)[C@](C)(O)[C@H]2CC[C@@H]1O2. The summed E-state index contributed by atoms with van der Waals surface area (Å²) in [6.07, 6.45) is 1.52. The zero-order chi connectivity index (χ0) is 8.93. The molecule has 2 heterocycles. The van der Waals surface area contributed by atoms with Gasteiger partial charge in [0.15, 0.2) is 5.78 Å². The molecule has 0 spiro atoms. The Morgan fingerprint density at radius 3 is 2.92 bits per heavy atom. The van der Waals surface area contributed by atoms with Crippen LogP contribution in [-0.4, -0.2) is 28.7 Å². The van der Waals surface area contributed by atoms with Crippen LogP contribution in [0.1, 0.15) is 26.7 Å². The van der Waals surface area contributed by atoms with E-state index in [1.165, 1.54) is 0 Å². The van der Waals surface area contributed by atoms with Crippen LogP contribution < -0.4 is 0 Å². The summed E-state index contributed by atoms with van der Waals surface area (Å²) in [5, 5.41) is 9.83. The Labute approximate surface area is 71.7 Å². The van der Waals surface area contributed by atoms with Crippen molar-refractivity contribution in [2.75, 3.05) is 0 Å². The van der Waals surface area contributed by atoms with E-state index in [-0.39, 0.29) is 23.9 Å². The highest BCUT2D eigenvalue weighted by Gasteiger charge is 2.53. The minimum Gasteiger partial charge on any atom is -0.380 e. The van der Waals surface area contributed by atoms with E-state index in [9.17, 15) is 9.90 Å². The Morgan fingerprint density at radius 1 is 1.58 bits per heavy atom. The number of aliphatic hydroxyl groups is 1. The Kier molecular flexibility index (Phi) is 1.57. The molecule has 2 fully saturated rings. The molecule has 2 bridgehead atoms. The molecule has 3 nitrogen and oxygen atoms in total. The van der Waals surface area contributed by atoms with Crippen LogP contribution in [0.3, 0.4) is 0 Å². The van der Waals surface area contributed by atoms with Crippen LogP contribution in [0.15, 0.2) is 0 Å². The molecule has 2 aliphatic rings. The van der Waals surface area contributed by atoms with Gasteiger partial charge >= 0.3 is 0 Å². The lowest BCUT2D eigenvalue weighted by Gasteiger charge is -2.36. The number of hydrogen-bond acceptors (Lipinski definition) is 3. The van der Waals surface area contributed by atoms with Crippen LogP contribution in [0.4, 0.5) is 0 Å². The average Bonchev–Trinajstić information content (AvgIpc) is 2.46. The van der Waals surface area contributed by atoms with Gasteiger partial charge in [-0.05, 0) is 19.8 Å². The van der Waals surface area contributed by atoms with E-state index < -0.39 is 5.60 Å². The number of ether oxygens (including phenoxy) is 1. The summed E-state index contributed by atoms with van der Waals surface area (Å²) in [6, 6.07) is 0. The molecule has 3 heteroatoms. The van der Waals surface area contributed by atoms with Gasteiger partial charge in [0, 0.05) is 5.92 Å². The number of hydrogen-bond donors (Lipinski definition) is 1. The minimum absolute atomic E-state index is 0.0544. The van der Waals surface area contributed by atoms with E-state index >= 15 is 0 Å². The molecule has 0 amide bonds. The molecule has 0 aromatic rings. The summed E-state index contributed by atoms with van der Waals surface area (Å²) in [5.74, 6) is -0.194. The maximum absolute atomic E-state index is 11.6. The van der Waals surface area contributed by atoms with Gasteiger partial charge in [-0.25, -0.2) is 0 Å². The zero-order valence-corrected chi connectivity index (χ0v) is 7.41. The minimum atomic E-state index is -1.24. The molecule has 2 aliphatic heterocycles. The molecule has 0 saturated carbocycles. The third kappa shape index (κ3) is 0.866. The second-order valence-corrected chi connectivity index (χ2v) is 4.04. The Balaban J connectivity index is 2.33. The third-order valence-corrected chi connectivity index (χ3v) is 3.15. The van der Waals surface area contributed by atoms with Gasteiger partial charge in [-0.1, -0.05) is 6.92 Å². The summed E-state index contributed by atoms with van der Waals surface area (Å²) >= 11 is 0. The van der Waals surface area contributed by atoms with E-state index in [2.05, 4.69) is 0 Å².